The highest BCUT2D eigenvalue weighted by Crippen LogP contribution is 2.33. The molecule has 0 fully saturated rings. The van der Waals surface area contributed by atoms with Crippen molar-refractivity contribution in [2.75, 3.05) is 0 Å². The number of carbonyl (C=O) groups excluding carboxylic acids is 4. The van der Waals surface area contributed by atoms with E-state index in [2.05, 4.69) is 0 Å². The Bertz CT molecular complexity index is 1320. The van der Waals surface area contributed by atoms with Crippen LogP contribution in [0.1, 0.15) is 20.9 Å². The molecule has 0 saturated heterocycles. The van der Waals surface area contributed by atoms with Gasteiger partial charge in [0.2, 0.25) is 0 Å². The zero-order valence-corrected chi connectivity index (χ0v) is 19.0. The summed E-state index contributed by atoms with van der Waals surface area (Å²) in [4.78, 5) is 51.1. The summed E-state index contributed by atoms with van der Waals surface area (Å²) in [5.74, 6) is -2.91. The summed E-state index contributed by atoms with van der Waals surface area (Å²) in [6.07, 6.45) is 6.60. The third kappa shape index (κ3) is 4.12. The quantitative estimate of drug-likeness (QED) is 0.364. The predicted molar refractivity (Wildman–Crippen MR) is 129 cm³/mol. The smallest absolute Gasteiger partial charge is 0.347 e. The fourth-order valence-electron chi connectivity index (χ4n) is 3.56. The number of hydrogen-bond donors (Lipinski definition) is 0. The highest BCUT2D eigenvalue weighted by atomic mass is 32.1. The van der Waals surface area contributed by atoms with Crippen molar-refractivity contribution in [2.45, 2.75) is 0 Å². The average molecular weight is 487 g/mol. The normalized spacial score (nSPS) is 16.5. The summed E-state index contributed by atoms with van der Waals surface area (Å²) in [6, 6.07) is 14.0. The van der Waals surface area contributed by atoms with Crippen LogP contribution in [-0.2, 0) is 28.7 Å². The molecule has 6 nitrogen and oxygen atoms in total. The molecule has 5 rings (SSSR count). The fraction of sp³-hybridized carbons (Fsp3) is 0. The van der Waals surface area contributed by atoms with Crippen molar-refractivity contribution in [3.8, 4) is 0 Å². The van der Waals surface area contributed by atoms with Crippen molar-refractivity contribution in [3.63, 3.8) is 0 Å². The molecule has 34 heavy (non-hydrogen) atoms. The van der Waals surface area contributed by atoms with Crippen LogP contribution in [0.5, 0.6) is 0 Å². The first kappa shape index (κ1) is 21.7. The second kappa shape index (κ2) is 9.01. The Morgan fingerprint density at radius 3 is 1.29 bits per heavy atom. The van der Waals surface area contributed by atoms with Gasteiger partial charge in [-0.05, 0) is 58.3 Å². The van der Waals surface area contributed by atoms with Gasteiger partial charge in [-0.2, -0.15) is 0 Å². The van der Waals surface area contributed by atoms with Gasteiger partial charge in [-0.15, -0.1) is 22.7 Å². The molecule has 2 aliphatic rings. The Labute approximate surface area is 201 Å². The lowest BCUT2D eigenvalue weighted by Crippen LogP contribution is -2.02. The van der Waals surface area contributed by atoms with E-state index in [0.29, 0.717) is 11.1 Å². The van der Waals surface area contributed by atoms with Gasteiger partial charge in [-0.1, -0.05) is 36.4 Å². The Morgan fingerprint density at radius 2 is 0.941 bits per heavy atom. The predicted octanol–water partition coefficient (Wildman–Crippen LogP) is 4.91. The number of esters is 4. The third-order valence-electron chi connectivity index (χ3n) is 5.13. The lowest BCUT2D eigenvalue weighted by atomic mass is 9.96. The maximum absolute atomic E-state index is 12.4. The van der Waals surface area contributed by atoms with Crippen LogP contribution in [-0.4, -0.2) is 23.9 Å². The summed E-state index contributed by atoms with van der Waals surface area (Å²) in [7, 11) is 0. The first-order valence-corrected chi connectivity index (χ1v) is 11.8. The van der Waals surface area contributed by atoms with E-state index in [9.17, 15) is 19.2 Å². The zero-order chi connectivity index (χ0) is 23.7. The molecule has 4 heterocycles. The molecule has 0 aliphatic carbocycles. The number of hydrogen-bond acceptors (Lipinski definition) is 8. The van der Waals surface area contributed by atoms with Crippen molar-refractivity contribution in [1.29, 1.82) is 0 Å². The van der Waals surface area contributed by atoms with E-state index < -0.39 is 23.9 Å². The molecular formula is C26H14O6S2. The fourth-order valence-corrected chi connectivity index (χ4v) is 4.80. The SMILES string of the molecule is O=C1OC(=O)C(c2ccc(C3=C(/C=C/c4cccs4)C(=O)OC3=O)cc2)=C1/C=C/c1cccs1. The molecule has 0 amide bonds. The second-order valence-electron chi connectivity index (χ2n) is 7.21. The largest absolute Gasteiger partial charge is 0.386 e. The number of thiophene rings is 2. The maximum atomic E-state index is 12.4. The van der Waals surface area contributed by atoms with Crippen LogP contribution in [0.4, 0.5) is 0 Å². The van der Waals surface area contributed by atoms with Gasteiger partial charge in [0.25, 0.3) is 0 Å². The minimum absolute atomic E-state index is 0.140. The highest BCUT2D eigenvalue weighted by molar-refractivity contribution is 7.11. The van der Waals surface area contributed by atoms with Gasteiger partial charge < -0.3 is 9.47 Å². The minimum Gasteiger partial charge on any atom is -0.386 e. The molecule has 166 valence electrons. The molecule has 2 aliphatic heterocycles. The molecule has 1 aromatic carbocycles. The zero-order valence-electron chi connectivity index (χ0n) is 17.3. The summed E-state index contributed by atoms with van der Waals surface area (Å²) in [5, 5.41) is 3.81. The van der Waals surface area contributed by atoms with Crippen molar-refractivity contribution < 1.29 is 28.7 Å². The Kier molecular flexibility index (Phi) is 5.75. The van der Waals surface area contributed by atoms with Gasteiger partial charge in [0.1, 0.15) is 0 Å². The molecule has 3 aromatic rings. The third-order valence-corrected chi connectivity index (χ3v) is 6.81. The second-order valence-corrected chi connectivity index (χ2v) is 9.16. The molecule has 0 spiro atoms. The average Bonchev–Trinajstić information content (AvgIpc) is 3.60. The van der Waals surface area contributed by atoms with Crippen molar-refractivity contribution in [2.24, 2.45) is 0 Å². The molecular weight excluding hydrogens is 472 g/mol. The maximum Gasteiger partial charge on any atom is 0.347 e. The van der Waals surface area contributed by atoms with Gasteiger partial charge in [0.05, 0.1) is 22.3 Å². The van der Waals surface area contributed by atoms with E-state index in [-0.39, 0.29) is 22.3 Å². The van der Waals surface area contributed by atoms with E-state index in [0.717, 1.165) is 9.75 Å². The summed E-state index contributed by atoms with van der Waals surface area (Å²) >= 11 is 2.99. The van der Waals surface area contributed by atoms with E-state index in [4.69, 9.17) is 9.47 Å². The Balaban J connectivity index is 1.51. The first-order chi connectivity index (χ1) is 16.5. The van der Waals surface area contributed by atoms with Crippen LogP contribution in [0.25, 0.3) is 23.3 Å². The molecule has 0 atom stereocenters. The molecule has 0 bridgehead atoms. The number of benzene rings is 1. The molecule has 0 saturated carbocycles. The Morgan fingerprint density at radius 1 is 0.529 bits per heavy atom. The standard InChI is InChI=1S/C26H14O6S2/c27-23-19(11-9-17-3-1-13-33-17)21(25(29)31-23)15-5-7-16(8-6-15)22-20(24(28)32-26(22)30)12-10-18-4-2-14-34-18/h1-14H/b11-9+,12-10+. The van der Waals surface area contributed by atoms with E-state index in [1.165, 1.54) is 22.7 Å². The molecule has 0 radical (unpaired) electrons. The van der Waals surface area contributed by atoms with Gasteiger partial charge in [-0.25, -0.2) is 19.2 Å². The lowest BCUT2D eigenvalue weighted by molar-refractivity contribution is -0.151. The molecule has 0 N–H and O–H groups in total. The van der Waals surface area contributed by atoms with Gasteiger partial charge in [0.15, 0.2) is 0 Å². The van der Waals surface area contributed by atoms with Crippen molar-refractivity contribution in [1.82, 2.24) is 0 Å². The van der Waals surface area contributed by atoms with Crippen LogP contribution in [0.15, 0.2) is 82.6 Å². The van der Waals surface area contributed by atoms with E-state index >= 15 is 0 Å². The monoisotopic (exact) mass is 486 g/mol. The number of ether oxygens (including phenoxy) is 2. The molecule has 0 unspecified atom stereocenters. The molecule has 2 aromatic heterocycles. The van der Waals surface area contributed by atoms with Crippen LogP contribution >= 0.6 is 22.7 Å². The van der Waals surface area contributed by atoms with Crippen LogP contribution in [0.2, 0.25) is 0 Å². The Hall–Kier alpha value is -4.14. The van der Waals surface area contributed by atoms with Crippen molar-refractivity contribution >= 4 is 69.8 Å². The number of carbonyl (C=O) groups is 4. The van der Waals surface area contributed by atoms with Gasteiger partial charge in [-0.3, -0.25) is 0 Å². The minimum atomic E-state index is -0.738. The highest BCUT2D eigenvalue weighted by Gasteiger charge is 2.34. The van der Waals surface area contributed by atoms with Crippen LogP contribution < -0.4 is 0 Å². The van der Waals surface area contributed by atoms with Gasteiger partial charge in [0, 0.05) is 9.75 Å². The topological polar surface area (TPSA) is 86.7 Å². The lowest BCUT2D eigenvalue weighted by Gasteiger charge is -2.04. The number of rotatable bonds is 6. The van der Waals surface area contributed by atoms with Gasteiger partial charge >= 0.3 is 23.9 Å². The number of cyclic esters (lactones) is 4. The summed E-state index contributed by atoms with van der Waals surface area (Å²) in [6.45, 7) is 0. The van der Waals surface area contributed by atoms with Crippen molar-refractivity contribution in [3.05, 3.63) is 103 Å². The van der Waals surface area contributed by atoms with Crippen LogP contribution in [0, 0.1) is 0 Å². The first-order valence-electron chi connectivity index (χ1n) is 10.1. The summed E-state index contributed by atoms with van der Waals surface area (Å²) in [5.41, 5.74) is 1.50. The summed E-state index contributed by atoms with van der Waals surface area (Å²) < 4.78 is 9.64. The van der Waals surface area contributed by atoms with E-state index in [1.54, 1.807) is 48.6 Å². The molecule has 8 heteroatoms. The van der Waals surface area contributed by atoms with E-state index in [1.807, 2.05) is 35.0 Å². The van der Waals surface area contributed by atoms with Crippen LogP contribution in [0.3, 0.4) is 0 Å².